The molecule has 3 aromatic carbocycles. The number of hydrogen-bond donors (Lipinski definition) is 1. The number of rotatable bonds is 10. The second-order valence-electron chi connectivity index (χ2n) is 9.53. The van der Waals surface area contributed by atoms with Crippen molar-refractivity contribution in [1.29, 1.82) is 0 Å². The van der Waals surface area contributed by atoms with Crippen molar-refractivity contribution < 1.29 is 23.6 Å². The number of nitrogens with zero attached hydrogens (tertiary/aromatic N) is 4. The molecule has 0 spiro atoms. The lowest BCUT2D eigenvalue weighted by molar-refractivity contribution is -0.152. The van der Waals surface area contributed by atoms with E-state index in [2.05, 4.69) is 15.0 Å². The Bertz CT molecular complexity index is 1500. The predicted octanol–water partition coefficient (Wildman–Crippen LogP) is 5.68. The first-order valence-corrected chi connectivity index (χ1v) is 12.3. The predicted molar refractivity (Wildman–Crippen MR) is 142 cm³/mol. The van der Waals surface area contributed by atoms with Gasteiger partial charge in [0.1, 0.15) is 11.3 Å². The van der Waals surface area contributed by atoms with Crippen molar-refractivity contribution >= 4 is 23.1 Å². The molecule has 0 aliphatic rings. The lowest BCUT2D eigenvalue weighted by atomic mass is 10.1. The number of ether oxygens (including phenoxy) is 1. The molecule has 0 bridgehead atoms. The van der Waals surface area contributed by atoms with Crippen LogP contribution in [0.1, 0.15) is 30.9 Å². The number of benzene rings is 3. The Hall–Kier alpha value is -4.66. The van der Waals surface area contributed by atoms with Crippen LogP contribution in [0.4, 0.5) is 6.01 Å². The van der Waals surface area contributed by atoms with Crippen LogP contribution < -0.4 is 9.64 Å². The van der Waals surface area contributed by atoms with Gasteiger partial charge < -0.3 is 23.7 Å². The molecule has 0 fully saturated rings. The Morgan fingerprint density at radius 1 is 0.974 bits per heavy atom. The number of hydrogen-bond acceptors (Lipinski definition) is 8. The highest BCUT2D eigenvalue weighted by atomic mass is 16.5. The van der Waals surface area contributed by atoms with Crippen LogP contribution >= 0.6 is 0 Å². The maximum absolute atomic E-state index is 11.4. The van der Waals surface area contributed by atoms with Gasteiger partial charge in [-0.2, -0.15) is 9.97 Å². The van der Waals surface area contributed by atoms with E-state index in [1.165, 1.54) is 13.8 Å². The average Bonchev–Trinajstić information content (AvgIpc) is 3.54. The van der Waals surface area contributed by atoms with Gasteiger partial charge in [-0.15, -0.1) is 0 Å². The van der Waals surface area contributed by atoms with E-state index in [-0.39, 0.29) is 0 Å². The van der Waals surface area contributed by atoms with E-state index in [0.717, 1.165) is 34.2 Å². The lowest BCUT2D eigenvalue weighted by Crippen LogP contribution is -2.37. The van der Waals surface area contributed by atoms with E-state index in [1.54, 1.807) is 19.1 Å². The monoisotopic (exact) mass is 512 g/mol. The molecule has 0 saturated heterocycles. The van der Waals surface area contributed by atoms with E-state index in [1.807, 2.05) is 60.7 Å². The van der Waals surface area contributed by atoms with Crippen molar-refractivity contribution in [2.75, 3.05) is 11.4 Å². The first-order valence-electron chi connectivity index (χ1n) is 12.3. The number of aliphatic carboxylic acids is 1. The summed E-state index contributed by atoms with van der Waals surface area (Å²) in [5.41, 5.74) is 3.28. The van der Waals surface area contributed by atoms with E-state index >= 15 is 0 Å². The molecule has 0 aliphatic heterocycles. The molecule has 5 aromatic rings. The highest BCUT2D eigenvalue weighted by molar-refractivity contribution is 5.76. The van der Waals surface area contributed by atoms with E-state index in [9.17, 15) is 9.90 Å². The molecule has 9 heteroatoms. The van der Waals surface area contributed by atoms with Gasteiger partial charge in [-0.3, -0.25) is 0 Å². The number of anilines is 1. The zero-order valence-corrected chi connectivity index (χ0v) is 21.4. The molecule has 0 radical (unpaired) electrons. The summed E-state index contributed by atoms with van der Waals surface area (Å²) in [6.45, 7) is 6.06. The molecule has 38 heavy (non-hydrogen) atoms. The minimum Gasteiger partial charge on any atom is -0.478 e. The maximum atomic E-state index is 11.4. The minimum atomic E-state index is -1.30. The number of carboxylic acids is 1. The fraction of sp³-hybridized carbons (Fsp3) is 0.241. The Labute approximate surface area is 219 Å². The zero-order valence-electron chi connectivity index (χ0n) is 21.4. The summed E-state index contributed by atoms with van der Waals surface area (Å²) in [5, 5.41) is 13.3. The molecule has 0 aliphatic carbocycles. The molecule has 0 unspecified atom stereocenters. The largest absolute Gasteiger partial charge is 0.478 e. The number of carbonyl (C=O) groups is 1. The van der Waals surface area contributed by atoms with Gasteiger partial charge in [0.2, 0.25) is 11.7 Å². The van der Waals surface area contributed by atoms with Gasteiger partial charge in [0.05, 0.1) is 0 Å². The van der Waals surface area contributed by atoms with Crippen LogP contribution in [0.2, 0.25) is 0 Å². The summed E-state index contributed by atoms with van der Waals surface area (Å²) in [7, 11) is 0. The standard InChI is InChI=1S/C29H28N4O5/c1-19-30-26(32-38-19)22-12-8-21(9-13-22)18-33(28-31-24-6-4-5-7-25(24)36-28)17-16-20-10-14-23(15-11-20)37-29(2,3)27(34)35/h4-15H,16-18H2,1-3H3,(H,34,35). The fourth-order valence-corrected chi connectivity index (χ4v) is 3.96. The third kappa shape index (κ3) is 5.67. The Morgan fingerprint density at radius 3 is 2.34 bits per heavy atom. The van der Waals surface area contributed by atoms with Crippen molar-refractivity contribution in [3.05, 3.63) is 89.8 Å². The van der Waals surface area contributed by atoms with Gasteiger partial charge in [0.25, 0.3) is 6.01 Å². The van der Waals surface area contributed by atoms with E-state index in [0.29, 0.717) is 36.6 Å². The topological polar surface area (TPSA) is 115 Å². The van der Waals surface area contributed by atoms with Gasteiger partial charge in [-0.05, 0) is 55.7 Å². The summed E-state index contributed by atoms with van der Waals surface area (Å²) in [5.74, 6) is 0.574. The highest BCUT2D eigenvalue weighted by Gasteiger charge is 2.29. The maximum Gasteiger partial charge on any atom is 0.347 e. The van der Waals surface area contributed by atoms with Crippen LogP contribution in [0.5, 0.6) is 5.75 Å². The number of fused-ring (bicyclic) bond motifs is 1. The number of para-hydroxylation sites is 2. The number of aromatic nitrogens is 3. The van der Waals surface area contributed by atoms with Gasteiger partial charge >= 0.3 is 5.97 Å². The number of carboxylic acid groups (broad SMARTS) is 1. The van der Waals surface area contributed by atoms with Gasteiger partial charge in [0, 0.05) is 25.6 Å². The Balaban J connectivity index is 1.33. The first-order chi connectivity index (χ1) is 18.3. The minimum absolute atomic E-state index is 0.508. The van der Waals surface area contributed by atoms with E-state index < -0.39 is 11.6 Å². The molecular formula is C29H28N4O5. The molecule has 2 aromatic heterocycles. The third-order valence-electron chi connectivity index (χ3n) is 6.15. The van der Waals surface area contributed by atoms with Crippen LogP contribution in [-0.4, -0.2) is 38.3 Å². The summed E-state index contributed by atoms with van der Waals surface area (Å²) < 4.78 is 16.8. The van der Waals surface area contributed by atoms with E-state index in [4.69, 9.17) is 18.7 Å². The molecule has 194 valence electrons. The molecular weight excluding hydrogens is 484 g/mol. The first kappa shape index (κ1) is 25.0. The molecule has 2 heterocycles. The molecule has 1 N–H and O–H groups in total. The van der Waals surface area contributed by atoms with Crippen molar-refractivity contribution in [3.8, 4) is 17.1 Å². The van der Waals surface area contributed by atoms with Crippen molar-refractivity contribution in [2.24, 2.45) is 0 Å². The van der Waals surface area contributed by atoms with Crippen LogP contribution in [0.25, 0.3) is 22.5 Å². The molecule has 9 nitrogen and oxygen atoms in total. The fourth-order valence-electron chi connectivity index (χ4n) is 3.96. The van der Waals surface area contributed by atoms with Gasteiger partial charge in [-0.25, -0.2) is 4.79 Å². The summed E-state index contributed by atoms with van der Waals surface area (Å²) in [6.07, 6.45) is 0.724. The second kappa shape index (κ2) is 10.4. The van der Waals surface area contributed by atoms with Crippen LogP contribution in [0, 0.1) is 6.92 Å². The third-order valence-corrected chi connectivity index (χ3v) is 6.15. The molecule has 0 saturated carbocycles. The number of aryl methyl sites for hydroxylation is 1. The molecule has 0 amide bonds. The highest BCUT2D eigenvalue weighted by Crippen LogP contribution is 2.25. The summed E-state index contributed by atoms with van der Waals surface area (Å²) >= 11 is 0. The normalized spacial score (nSPS) is 11.6. The van der Waals surface area contributed by atoms with Crippen LogP contribution in [0.15, 0.2) is 81.7 Å². The van der Waals surface area contributed by atoms with Crippen LogP contribution in [-0.2, 0) is 17.8 Å². The Morgan fingerprint density at radius 2 is 1.68 bits per heavy atom. The average molecular weight is 513 g/mol. The smallest absolute Gasteiger partial charge is 0.347 e. The molecule has 5 rings (SSSR count). The second-order valence-corrected chi connectivity index (χ2v) is 9.53. The van der Waals surface area contributed by atoms with Crippen molar-refractivity contribution in [3.63, 3.8) is 0 Å². The zero-order chi connectivity index (χ0) is 26.7. The Kier molecular flexibility index (Phi) is 6.83. The quantitative estimate of drug-likeness (QED) is 0.252. The van der Waals surface area contributed by atoms with Gasteiger partial charge in [-0.1, -0.05) is 53.7 Å². The van der Waals surface area contributed by atoms with Crippen LogP contribution in [0.3, 0.4) is 0 Å². The SMILES string of the molecule is Cc1nc(-c2ccc(CN(CCc3ccc(OC(C)(C)C(=O)O)cc3)c3nc4ccccc4o3)cc2)no1. The van der Waals surface area contributed by atoms with Crippen molar-refractivity contribution in [2.45, 2.75) is 39.3 Å². The molecule has 0 atom stereocenters. The van der Waals surface area contributed by atoms with Crippen molar-refractivity contribution in [1.82, 2.24) is 15.1 Å². The summed E-state index contributed by atoms with van der Waals surface area (Å²) in [4.78, 5) is 22.5. The lowest BCUT2D eigenvalue weighted by Gasteiger charge is -2.22. The van der Waals surface area contributed by atoms with Gasteiger partial charge in [0.15, 0.2) is 11.2 Å². The summed E-state index contributed by atoms with van der Waals surface area (Å²) in [6, 6.07) is 23.7. The number of oxazole rings is 1.